The minimum absolute atomic E-state index is 0.0233. The van der Waals surface area contributed by atoms with E-state index in [0.29, 0.717) is 0 Å². The van der Waals surface area contributed by atoms with Crippen LogP contribution in [0.5, 0.6) is 0 Å². The highest BCUT2D eigenvalue weighted by molar-refractivity contribution is 5.69. The molecule has 0 saturated carbocycles. The largest absolute Gasteiger partial charge is 0.286 e. The number of hydrogen-bond donors (Lipinski definition) is 0. The Morgan fingerprint density at radius 1 is 1.00 bits per heavy atom. The molecule has 0 saturated heterocycles. The third kappa shape index (κ3) is 1.69. The first-order valence-electron chi connectivity index (χ1n) is 3.68. The Morgan fingerprint density at radius 2 is 1.60 bits per heavy atom. The number of allylic oxidation sites excluding steroid dienone is 1. The molecule has 56 valence electrons. The zero-order chi connectivity index (χ0) is 7.83. The topological polar surface area (TPSA) is 12.4 Å². The first kappa shape index (κ1) is 7.52. The van der Waals surface area contributed by atoms with Crippen molar-refractivity contribution in [1.29, 1.82) is 0 Å². The minimum atomic E-state index is 0.0233. The average molecular weight is 137 g/mol. The summed E-state index contributed by atoms with van der Waals surface area (Å²) in [6.45, 7) is 8.52. The molecular formula is C9H15N. The lowest BCUT2D eigenvalue weighted by Crippen LogP contribution is -2.23. The molecule has 0 bridgehead atoms. The van der Waals surface area contributed by atoms with E-state index in [0.717, 1.165) is 0 Å². The van der Waals surface area contributed by atoms with Gasteiger partial charge in [-0.2, -0.15) is 0 Å². The van der Waals surface area contributed by atoms with Crippen LogP contribution in [-0.2, 0) is 0 Å². The van der Waals surface area contributed by atoms with Gasteiger partial charge < -0.3 is 0 Å². The first-order valence-corrected chi connectivity index (χ1v) is 3.68. The highest BCUT2D eigenvalue weighted by atomic mass is 14.8. The Hall–Kier alpha value is -0.590. The van der Waals surface area contributed by atoms with Crippen molar-refractivity contribution in [1.82, 2.24) is 0 Å². The van der Waals surface area contributed by atoms with Crippen molar-refractivity contribution >= 4 is 6.21 Å². The lowest BCUT2D eigenvalue weighted by Gasteiger charge is -2.25. The molecule has 1 aliphatic rings. The van der Waals surface area contributed by atoms with Gasteiger partial charge in [-0.25, -0.2) is 0 Å². The Bertz CT molecular complexity index is 147. The van der Waals surface area contributed by atoms with Crippen LogP contribution < -0.4 is 0 Å². The van der Waals surface area contributed by atoms with Gasteiger partial charge in [0.1, 0.15) is 0 Å². The normalized spacial score (nSPS) is 26.8. The molecule has 0 aliphatic carbocycles. The molecule has 1 nitrogen and oxygen atoms in total. The zero-order valence-electron chi connectivity index (χ0n) is 7.18. The second-order valence-corrected chi connectivity index (χ2v) is 4.07. The summed E-state index contributed by atoms with van der Waals surface area (Å²) in [5, 5.41) is 0. The standard InChI is InChI=1S/C9H15N/c1-8(2)5-6-9(3,4)10-7-8/h5-7H,1-4H3. The highest BCUT2D eigenvalue weighted by Crippen LogP contribution is 2.24. The van der Waals surface area contributed by atoms with E-state index in [1.165, 1.54) is 0 Å². The Labute approximate surface area is 62.9 Å². The number of rotatable bonds is 0. The molecule has 0 aromatic rings. The van der Waals surface area contributed by atoms with E-state index in [1.54, 1.807) is 0 Å². The molecular weight excluding hydrogens is 122 g/mol. The molecule has 1 heteroatoms. The lowest BCUT2D eigenvalue weighted by molar-refractivity contribution is 0.587. The van der Waals surface area contributed by atoms with Crippen molar-refractivity contribution < 1.29 is 0 Å². The molecule has 1 heterocycles. The first-order chi connectivity index (χ1) is 4.41. The van der Waals surface area contributed by atoms with Gasteiger partial charge in [-0.3, -0.25) is 4.99 Å². The molecule has 0 N–H and O–H groups in total. The van der Waals surface area contributed by atoms with Crippen LogP contribution >= 0.6 is 0 Å². The van der Waals surface area contributed by atoms with Gasteiger partial charge in [0.25, 0.3) is 0 Å². The van der Waals surface area contributed by atoms with Gasteiger partial charge in [0.15, 0.2) is 0 Å². The molecule has 1 aliphatic heterocycles. The molecule has 1 rings (SSSR count). The third-order valence-electron chi connectivity index (χ3n) is 1.65. The Kier molecular flexibility index (Phi) is 1.46. The van der Waals surface area contributed by atoms with Crippen molar-refractivity contribution in [3.63, 3.8) is 0 Å². The van der Waals surface area contributed by atoms with Gasteiger partial charge in [-0.15, -0.1) is 0 Å². The van der Waals surface area contributed by atoms with Crippen molar-refractivity contribution in [2.24, 2.45) is 10.4 Å². The van der Waals surface area contributed by atoms with Crippen LogP contribution in [0.15, 0.2) is 17.1 Å². The third-order valence-corrected chi connectivity index (χ3v) is 1.65. The zero-order valence-corrected chi connectivity index (χ0v) is 7.18. The predicted molar refractivity (Wildman–Crippen MR) is 45.5 cm³/mol. The molecule has 0 unspecified atom stereocenters. The van der Waals surface area contributed by atoms with E-state index in [1.807, 2.05) is 6.21 Å². The number of aliphatic imine (C=N–C) groups is 1. The number of nitrogens with zero attached hydrogens (tertiary/aromatic N) is 1. The van der Waals surface area contributed by atoms with Crippen molar-refractivity contribution in [2.45, 2.75) is 33.2 Å². The second-order valence-electron chi connectivity index (χ2n) is 4.07. The van der Waals surface area contributed by atoms with Gasteiger partial charge in [0.2, 0.25) is 0 Å². The summed E-state index contributed by atoms with van der Waals surface area (Å²) in [6, 6.07) is 0. The van der Waals surface area contributed by atoms with E-state index < -0.39 is 0 Å². The quantitative estimate of drug-likeness (QED) is 0.455. The maximum Gasteiger partial charge on any atom is 0.0728 e. The SMILES string of the molecule is CC1(C)C=CC(C)(C)N=C1. The molecule has 0 aromatic heterocycles. The van der Waals surface area contributed by atoms with Gasteiger partial charge in [0.05, 0.1) is 5.54 Å². The van der Waals surface area contributed by atoms with E-state index in [4.69, 9.17) is 0 Å². The fourth-order valence-corrected chi connectivity index (χ4v) is 0.838. The monoisotopic (exact) mass is 137 g/mol. The van der Waals surface area contributed by atoms with Gasteiger partial charge in [-0.05, 0) is 13.8 Å². The molecule has 0 radical (unpaired) electrons. The van der Waals surface area contributed by atoms with Crippen molar-refractivity contribution in [2.75, 3.05) is 0 Å². The van der Waals surface area contributed by atoms with Crippen LogP contribution in [0.4, 0.5) is 0 Å². The summed E-state index contributed by atoms with van der Waals surface area (Å²) >= 11 is 0. The smallest absolute Gasteiger partial charge is 0.0728 e. The van der Waals surface area contributed by atoms with Gasteiger partial charge >= 0.3 is 0 Å². The van der Waals surface area contributed by atoms with Crippen LogP contribution in [0.1, 0.15) is 27.7 Å². The minimum Gasteiger partial charge on any atom is -0.286 e. The molecule has 0 amide bonds. The molecule has 0 atom stereocenters. The van der Waals surface area contributed by atoms with Crippen LogP contribution in [0.2, 0.25) is 0 Å². The maximum atomic E-state index is 4.40. The van der Waals surface area contributed by atoms with Crippen LogP contribution in [0.25, 0.3) is 0 Å². The van der Waals surface area contributed by atoms with Crippen LogP contribution in [0, 0.1) is 5.41 Å². The van der Waals surface area contributed by atoms with Crippen LogP contribution in [-0.4, -0.2) is 11.8 Å². The van der Waals surface area contributed by atoms with E-state index in [9.17, 15) is 0 Å². The van der Waals surface area contributed by atoms with E-state index in [2.05, 4.69) is 44.8 Å². The highest BCUT2D eigenvalue weighted by Gasteiger charge is 2.20. The fraction of sp³-hybridized carbons (Fsp3) is 0.667. The predicted octanol–water partition coefficient (Wildman–Crippen LogP) is 2.43. The summed E-state index contributed by atoms with van der Waals surface area (Å²) in [4.78, 5) is 4.40. The van der Waals surface area contributed by atoms with Crippen molar-refractivity contribution in [3.8, 4) is 0 Å². The molecule has 10 heavy (non-hydrogen) atoms. The van der Waals surface area contributed by atoms with Gasteiger partial charge in [-0.1, -0.05) is 26.0 Å². The Balaban J connectivity index is 2.81. The Morgan fingerprint density at radius 3 is 1.90 bits per heavy atom. The maximum absolute atomic E-state index is 4.40. The summed E-state index contributed by atoms with van der Waals surface area (Å²) in [7, 11) is 0. The number of hydrogen-bond acceptors (Lipinski definition) is 1. The molecule has 0 aromatic carbocycles. The number of dihydropyridines is 1. The van der Waals surface area contributed by atoms with Crippen LogP contribution in [0.3, 0.4) is 0 Å². The van der Waals surface area contributed by atoms with Crippen molar-refractivity contribution in [3.05, 3.63) is 12.2 Å². The molecule has 0 fully saturated rings. The lowest BCUT2D eigenvalue weighted by atomic mass is 9.88. The summed E-state index contributed by atoms with van der Waals surface area (Å²) in [5.74, 6) is 0. The molecule has 0 spiro atoms. The summed E-state index contributed by atoms with van der Waals surface area (Å²) in [5.41, 5.74) is 0.186. The van der Waals surface area contributed by atoms with E-state index >= 15 is 0 Å². The summed E-state index contributed by atoms with van der Waals surface area (Å²) in [6.07, 6.45) is 6.39. The second kappa shape index (κ2) is 1.94. The fourth-order valence-electron chi connectivity index (χ4n) is 0.838. The average Bonchev–Trinajstić information content (AvgIpc) is 1.79. The summed E-state index contributed by atoms with van der Waals surface area (Å²) < 4.78 is 0. The van der Waals surface area contributed by atoms with E-state index in [-0.39, 0.29) is 11.0 Å². The van der Waals surface area contributed by atoms with Gasteiger partial charge in [0, 0.05) is 11.6 Å².